The van der Waals surface area contributed by atoms with Crippen LogP contribution in [0, 0.1) is 0 Å². The Morgan fingerprint density at radius 2 is 2.17 bits per heavy atom. The maximum atomic E-state index is 10.9. The molecule has 18 heavy (non-hydrogen) atoms. The van der Waals surface area contributed by atoms with Crippen LogP contribution in [0.4, 0.5) is 0 Å². The first-order valence-corrected chi connectivity index (χ1v) is 5.41. The molecule has 2 aromatic heterocycles. The molecule has 2 rings (SSSR count). The van der Waals surface area contributed by atoms with Gasteiger partial charge in [-0.1, -0.05) is 0 Å². The number of nitrogens with zero attached hydrogens (tertiary/aromatic N) is 3. The number of amides is 1. The van der Waals surface area contributed by atoms with Gasteiger partial charge in [-0.3, -0.25) is 14.8 Å². The van der Waals surface area contributed by atoms with Crippen LogP contribution in [0.5, 0.6) is 5.88 Å². The van der Waals surface area contributed by atoms with E-state index in [2.05, 4.69) is 15.0 Å². The number of hydrogen-bond donors (Lipinski definition) is 1. The minimum Gasteiger partial charge on any atom is -0.477 e. The summed E-state index contributed by atoms with van der Waals surface area (Å²) in [7, 11) is 0. The van der Waals surface area contributed by atoms with E-state index < -0.39 is 5.91 Å². The van der Waals surface area contributed by atoms with Crippen LogP contribution in [-0.2, 0) is 0 Å². The Morgan fingerprint density at radius 1 is 1.33 bits per heavy atom. The Labute approximate surface area is 104 Å². The summed E-state index contributed by atoms with van der Waals surface area (Å²) in [6.45, 7) is 2.40. The Balaban J connectivity index is 2.30. The SMILES string of the molecule is CCOc1cncc(-c2ccc(C(N)=O)nc2)n1. The Bertz CT molecular complexity index is 554. The van der Waals surface area contributed by atoms with Crippen molar-refractivity contribution in [3.8, 4) is 17.1 Å². The van der Waals surface area contributed by atoms with Gasteiger partial charge in [-0.2, -0.15) is 0 Å². The maximum absolute atomic E-state index is 10.9. The standard InChI is InChI=1S/C12H12N4O2/c1-2-18-11-7-14-6-10(16-11)8-3-4-9(12(13)17)15-5-8/h3-7H,2H2,1H3,(H2,13,17). The maximum Gasteiger partial charge on any atom is 0.267 e. The van der Waals surface area contributed by atoms with Crippen molar-refractivity contribution in [3.63, 3.8) is 0 Å². The van der Waals surface area contributed by atoms with Crippen molar-refractivity contribution >= 4 is 5.91 Å². The summed E-state index contributed by atoms with van der Waals surface area (Å²) in [5.74, 6) is -0.107. The van der Waals surface area contributed by atoms with Crippen molar-refractivity contribution in [2.75, 3.05) is 6.61 Å². The lowest BCUT2D eigenvalue weighted by Gasteiger charge is -2.04. The lowest BCUT2D eigenvalue weighted by atomic mass is 10.2. The average Bonchev–Trinajstić information content (AvgIpc) is 2.39. The molecule has 0 fully saturated rings. The third-order valence-electron chi connectivity index (χ3n) is 2.22. The highest BCUT2D eigenvalue weighted by molar-refractivity contribution is 5.90. The van der Waals surface area contributed by atoms with E-state index in [1.807, 2.05) is 6.92 Å². The number of aromatic nitrogens is 3. The number of carbonyl (C=O) groups is 1. The van der Waals surface area contributed by atoms with Crippen molar-refractivity contribution in [3.05, 3.63) is 36.4 Å². The van der Waals surface area contributed by atoms with E-state index in [9.17, 15) is 4.79 Å². The zero-order chi connectivity index (χ0) is 13.0. The van der Waals surface area contributed by atoms with E-state index in [0.717, 1.165) is 5.56 Å². The highest BCUT2D eigenvalue weighted by atomic mass is 16.5. The fourth-order valence-electron chi connectivity index (χ4n) is 1.40. The smallest absolute Gasteiger partial charge is 0.267 e. The minimum atomic E-state index is -0.560. The molecular weight excluding hydrogens is 232 g/mol. The number of rotatable bonds is 4. The molecule has 0 aliphatic heterocycles. The minimum absolute atomic E-state index is 0.215. The summed E-state index contributed by atoms with van der Waals surface area (Å²) >= 11 is 0. The number of primary amides is 1. The summed E-state index contributed by atoms with van der Waals surface area (Å²) < 4.78 is 5.26. The molecule has 0 spiro atoms. The van der Waals surface area contributed by atoms with Gasteiger partial charge in [0.1, 0.15) is 5.69 Å². The van der Waals surface area contributed by atoms with Crippen LogP contribution < -0.4 is 10.5 Å². The lowest BCUT2D eigenvalue weighted by Crippen LogP contribution is -2.12. The van der Waals surface area contributed by atoms with Gasteiger partial charge in [0.05, 0.1) is 24.7 Å². The third kappa shape index (κ3) is 2.60. The molecule has 2 N–H and O–H groups in total. The normalized spacial score (nSPS) is 10.1. The molecule has 1 amide bonds. The monoisotopic (exact) mass is 244 g/mol. The van der Waals surface area contributed by atoms with Gasteiger partial charge in [0.15, 0.2) is 0 Å². The van der Waals surface area contributed by atoms with Gasteiger partial charge in [-0.05, 0) is 19.1 Å². The predicted molar refractivity (Wildman–Crippen MR) is 64.9 cm³/mol. The van der Waals surface area contributed by atoms with Crippen LogP contribution in [0.1, 0.15) is 17.4 Å². The van der Waals surface area contributed by atoms with E-state index in [0.29, 0.717) is 18.2 Å². The zero-order valence-corrected chi connectivity index (χ0v) is 9.83. The van der Waals surface area contributed by atoms with Crippen molar-refractivity contribution < 1.29 is 9.53 Å². The summed E-state index contributed by atoms with van der Waals surface area (Å²) in [6.07, 6.45) is 4.67. The molecule has 92 valence electrons. The first-order chi connectivity index (χ1) is 8.70. The van der Waals surface area contributed by atoms with Crippen molar-refractivity contribution in [1.29, 1.82) is 0 Å². The molecule has 0 aromatic carbocycles. The fourth-order valence-corrected chi connectivity index (χ4v) is 1.40. The first-order valence-electron chi connectivity index (χ1n) is 5.41. The molecular formula is C12H12N4O2. The Kier molecular flexibility index (Phi) is 3.47. The van der Waals surface area contributed by atoms with E-state index in [4.69, 9.17) is 10.5 Å². The van der Waals surface area contributed by atoms with Crippen LogP contribution in [0.15, 0.2) is 30.7 Å². The molecule has 0 radical (unpaired) electrons. The molecule has 2 aromatic rings. The molecule has 6 heteroatoms. The number of pyridine rings is 1. The van der Waals surface area contributed by atoms with Crippen LogP contribution in [0.25, 0.3) is 11.3 Å². The van der Waals surface area contributed by atoms with Gasteiger partial charge in [-0.15, -0.1) is 0 Å². The van der Waals surface area contributed by atoms with E-state index in [1.165, 1.54) is 12.4 Å². The summed E-state index contributed by atoms with van der Waals surface area (Å²) in [5, 5.41) is 0. The van der Waals surface area contributed by atoms with Gasteiger partial charge >= 0.3 is 0 Å². The van der Waals surface area contributed by atoms with Crippen LogP contribution in [0.3, 0.4) is 0 Å². The van der Waals surface area contributed by atoms with Gasteiger partial charge in [0.25, 0.3) is 5.91 Å². The second-order valence-corrected chi connectivity index (χ2v) is 3.47. The highest BCUT2D eigenvalue weighted by Gasteiger charge is 2.05. The molecule has 0 bridgehead atoms. The average molecular weight is 244 g/mol. The molecule has 0 atom stereocenters. The summed E-state index contributed by atoms with van der Waals surface area (Å²) in [6, 6.07) is 3.26. The fraction of sp³-hybridized carbons (Fsp3) is 0.167. The van der Waals surface area contributed by atoms with Crippen LogP contribution in [-0.4, -0.2) is 27.5 Å². The van der Waals surface area contributed by atoms with Gasteiger partial charge < -0.3 is 10.5 Å². The number of hydrogen-bond acceptors (Lipinski definition) is 5. The molecule has 6 nitrogen and oxygen atoms in total. The predicted octanol–water partition coefficient (Wildman–Crippen LogP) is 1.04. The van der Waals surface area contributed by atoms with Crippen molar-refractivity contribution in [2.45, 2.75) is 6.92 Å². The number of carbonyl (C=O) groups excluding carboxylic acids is 1. The van der Waals surface area contributed by atoms with E-state index in [-0.39, 0.29) is 5.69 Å². The van der Waals surface area contributed by atoms with Crippen LogP contribution in [0.2, 0.25) is 0 Å². The Morgan fingerprint density at radius 3 is 2.78 bits per heavy atom. The molecule has 0 saturated carbocycles. The van der Waals surface area contributed by atoms with E-state index >= 15 is 0 Å². The van der Waals surface area contributed by atoms with Crippen molar-refractivity contribution in [1.82, 2.24) is 15.0 Å². The highest BCUT2D eigenvalue weighted by Crippen LogP contribution is 2.17. The second kappa shape index (κ2) is 5.22. The summed E-state index contributed by atoms with van der Waals surface area (Å²) in [4.78, 5) is 23.1. The second-order valence-electron chi connectivity index (χ2n) is 3.47. The Hall–Kier alpha value is -2.50. The molecule has 0 aliphatic rings. The zero-order valence-electron chi connectivity index (χ0n) is 9.83. The number of ether oxygens (including phenoxy) is 1. The third-order valence-corrected chi connectivity index (χ3v) is 2.22. The van der Waals surface area contributed by atoms with Crippen molar-refractivity contribution in [2.24, 2.45) is 5.73 Å². The lowest BCUT2D eigenvalue weighted by molar-refractivity contribution is 0.0995. The van der Waals surface area contributed by atoms with Gasteiger partial charge in [0, 0.05) is 11.8 Å². The quantitative estimate of drug-likeness (QED) is 0.867. The van der Waals surface area contributed by atoms with Gasteiger partial charge in [-0.25, -0.2) is 4.98 Å². The number of nitrogens with two attached hydrogens (primary N) is 1. The largest absolute Gasteiger partial charge is 0.477 e. The first kappa shape index (κ1) is 12.0. The summed E-state index contributed by atoms with van der Waals surface area (Å²) in [5.41, 5.74) is 6.71. The molecule has 2 heterocycles. The molecule has 0 saturated heterocycles. The molecule has 0 unspecified atom stereocenters. The van der Waals surface area contributed by atoms with Gasteiger partial charge in [0.2, 0.25) is 5.88 Å². The van der Waals surface area contributed by atoms with E-state index in [1.54, 1.807) is 18.3 Å². The molecule has 0 aliphatic carbocycles. The van der Waals surface area contributed by atoms with Crippen LogP contribution >= 0.6 is 0 Å². The topological polar surface area (TPSA) is 91.0 Å².